The van der Waals surface area contributed by atoms with E-state index >= 15 is 0 Å². The maximum Gasteiger partial charge on any atom is 0.121 e. The van der Waals surface area contributed by atoms with E-state index in [4.69, 9.17) is 4.74 Å². The molecule has 3 nitrogen and oxygen atoms in total. The molecule has 0 amide bonds. The van der Waals surface area contributed by atoms with Crippen LogP contribution in [-0.2, 0) is 6.54 Å². The van der Waals surface area contributed by atoms with Gasteiger partial charge in [-0.15, -0.1) is 0 Å². The minimum Gasteiger partial charge on any atom is -0.497 e. The van der Waals surface area contributed by atoms with Gasteiger partial charge in [-0.1, -0.05) is 6.07 Å². The van der Waals surface area contributed by atoms with Crippen LogP contribution in [0.1, 0.15) is 11.3 Å². The van der Waals surface area contributed by atoms with Crippen molar-refractivity contribution in [2.45, 2.75) is 13.5 Å². The van der Waals surface area contributed by atoms with Gasteiger partial charge in [-0.2, -0.15) is 0 Å². The quantitative estimate of drug-likeness (QED) is 0.933. The Balaban J connectivity index is 2.13. The molecular weight excluding hydrogens is 292 g/mol. The third-order valence-corrected chi connectivity index (χ3v) is 3.43. The maximum absolute atomic E-state index is 5.21. The van der Waals surface area contributed by atoms with E-state index in [1.165, 1.54) is 5.56 Å². The largest absolute Gasteiger partial charge is 0.497 e. The number of benzene rings is 1. The lowest BCUT2D eigenvalue weighted by atomic mass is 10.2. The second-order valence-corrected chi connectivity index (χ2v) is 4.82. The van der Waals surface area contributed by atoms with Gasteiger partial charge in [0.2, 0.25) is 0 Å². The predicted octanol–water partition coefficient (Wildman–Crippen LogP) is 3.77. The van der Waals surface area contributed by atoms with Crippen LogP contribution in [0.5, 0.6) is 5.75 Å². The highest BCUT2D eigenvalue weighted by Crippen LogP contribution is 2.27. The van der Waals surface area contributed by atoms with Gasteiger partial charge in [0.25, 0.3) is 0 Å². The van der Waals surface area contributed by atoms with Crippen molar-refractivity contribution in [3.05, 3.63) is 52.3 Å². The van der Waals surface area contributed by atoms with Crippen molar-refractivity contribution in [1.82, 2.24) is 4.98 Å². The Morgan fingerprint density at radius 2 is 2.17 bits per heavy atom. The molecule has 0 spiro atoms. The van der Waals surface area contributed by atoms with Crippen LogP contribution in [0.3, 0.4) is 0 Å². The highest BCUT2D eigenvalue weighted by molar-refractivity contribution is 9.10. The average molecular weight is 307 g/mol. The molecule has 0 saturated heterocycles. The molecule has 0 radical (unpaired) electrons. The zero-order valence-electron chi connectivity index (χ0n) is 10.4. The zero-order chi connectivity index (χ0) is 13.0. The number of rotatable bonds is 4. The average Bonchev–Trinajstić information content (AvgIpc) is 2.39. The first-order chi connectivity index (χ1) is 8.70. The molecule has 2 aromatic rings. The van der Waals surface area contributed by atoms with Gasteiger partial charge in [0.15, 0.2) is 0 Å². The maximum atomic E-state index is 5.21. The van der Waals surface area contributed by atoms with E-state index in [2.05, 4.69) is 39.2 Å². The van der Waals surface area contributed by atoms with Gasteiger partial charge < -0.3 is 10.1 Å². The molecule has 4 heteroatoms. The third kappa shape index (κ3) is 3.01. The van der Waals surface area contributed by atoms with Crippen molar-refractivity contribution in [3.63, 3.8) is 0 Å². The van der Waals surface area contributed by atoms with Gasteiger partial charge in [-0.25, -0.2) is 0 Å². The van der Waals surface area contributed by atoms with Crippen LogP contribution in [0.25, 0.3) is 0 Å². The lowest BCUT2D eigenvalue weighted by Gasteiger charge is -2.11. The Kier molecular flexibility index (Phi) is 4.20. The molecule has 1 aromatic heterocycles. The topological polar surface area (TPSA) is 34.1 Å². The molecule has 0 saturated carbocycles. The van der Waals surface area contributed by atoms with E-state index in [1.54, 1.807) is 7.11 Å². The summed E-state index contributed by atoms with van der Waals surface area (Å²) in [6.45, 7) is 2.75. The summed E-state index contributed by atoms with van der Waals surface area (Å²) >= 11 is 3.51. The first kappa shape index (κ1) is 12.9. The molecule has 0 aliphatic rings. The zero-order valence-corrected chi connectivity index (χ0v) is 12.0. The lowest BCUT2D eigenvalue weighted by molar-refractivity contribution is 0.415. The Morgan fingerprint density at radius 3 is 2.89 bits per heavy atom. The van der Waals surface area contributed by atoms with Crippen LogP contribution in [0.15, 0.2) is 41.0 Å². The Morgan fingerprint density at radius 1 is 1.33 bits per heavy atom. The fourth-order valence-electron chi connectivity index (χ4n) is 1.65. The predicted molar refractivity (Wildman–Crippen MR) is 77.0 cm³/mol. The third-order valence-electron chi connectivity index (χ3n) is 2.74. The number of nitrogens with zero attached hydrogens (tertiary/aromatic N) is 1. The number of halogens is 1. The summed E-state index contributed by atoms with van der Waals surface area (Å²) in [6.07, 6.45) is 1.81. The number of hydrogen-bond donors (Lipinski definition) is 1. The van der Waals surface area contributed by atoms with Crippen LogP contribution < -0.4 is 10.1 Å². The molecule has 1 aromatic carbocycles. The lowest BCUT2D eigenvalue weighted by Crippen LogP contribution is -2.04. The Labute approximate surface area is 115 Å². The number of ether oxygens (including phenoxy) is 1. The second kappa shape index (κ2) is 5.87. The molecule has 94 valence electrons. The molecular formula is C14H15BrN2O. The summed E-state index contributed by atoms with van der Waals surface area (Å²) in [6, 6.07) is 9.85. The van der Waals surface area contributed by atoms with Gasteiger partial charge in [0.05, 0.1) is 25.0 Å². The second-order valence-electron chi connectivity index (χ2n) is 3.97. The van der Waals surface area contributed by atoms with Crippen molar-refractivity contribution in [3.8, 4) is 5.75 Å². The Hall–Kier alpha value is -1.55. The van der Waals surface area contributed by atoms with Crippen molar-refractivity contribution >= 4 is 21.6 Å². The van der Waals surface area contributed by atoms with Crippen molar-refractivity contribution in [1.29, 1.82) is 0 Å². The molecule has 0 atom stereocenters. The summed E-state index contributed by atoms with van der Waals surface area (Å²) in [4.78, 5) is 4.36. The molecule has 0 bridgehead atoms. The van der Waals surface area contributed by atoms with Crippen molar-refractivity contribution < 1.29 is 4.74 Å². The highest BCUT2D eigenvalue weighted by atomic mass is 79.9. The number of aromatic nitrogens is 1. The van der Waals surface area contributed by atoms with E-state index in [9.17, 15) is 0 Å². The smallest absolute Gasteiger partial charge is 0.121 e. The number of hydrogen-bond acceptors (Lipinski definition) is 3. The fourth-order valence-corrected chi connectivity index (χ4v) is 2.04. The van der Waals surface area contributed by atoms with E-state index in [0.717, 1.165) is 21.6 Å². The molecule has 0 unspecified atom stereocenters. The minimum atomic E-state index is 0.693. The minimum absolute atomic E-state index is 0.693. The van der Waals surface area contributed by atoms with Gasteiger partial charge in [0, 0.05) is 16.7 Å². The van der Waals surface area contributed by atoms with Gasteiger partial charge >= 0.3 is 0 Å². The highest BCUT2D eigenvalue weighted by Gasteiger charge is 2.03. The first-order valence-electron chi connectivity index (χ1n) is 5.68. The molecule has 0 aliphatic carbocycles. The summed E-state index contributed by atoms with van der Waals surface area (Å²) in [5, 5.41) is 3.36. The number of aryl methyl sites for hydroxylation is 1. The van der Waals surface area contributed by atoms with E-state index < -0.39 is 0 Å². The van der Waals surface area contributed by atoms with Crippen molar-refractivity contribution in [2.24, 2.45) is 0 Å². The molecule has 0 fully saturated rings. The SMILES string of the molecule is COc1ccc(Br)c(NCc2ncccc2C)c1. The van der Waals surface area contributed by atoms with Crippen molar-refractivity contribution in [2.75, 3.05) is 12.4 Å². The van der Waals surface area contributed by atoms with Crippen LogP contribution in [0, 0.1) is 6.92 Å². The van der Waals surface area contributed by atoms with Crippen LogP contribution in [0.2, 0.25) is 0 Å². The van der Waals surface area contributed by atoms with Gasteiger partial charge in [-0.3, -0.25) is 4.98 Å². The Bertz CT molecular complexity index is 543. The van der Waals surface area contributed by atoms with E-state index in [0.29, 0.717) is 6.54 Å². The number of anilines is 1. The van der Waals surface area contributed by atoms with Crippen LogP contribution in [-0.4, -0.2) is 12.1 Å². The van der Waals surface area contributed by atoms with Gasteiger partial charge in [0.1, 0.15) is 5.75 Å². The van der Waals surface area contributed by atoms with Crippen LogP contribution >= 0.6 is 15.9 Å². The fraction of sp³-hybridized carbons (Fsp3) is 0.214. The molecule has 0 aliphatic heterocycles. The summed E-state index contributed by atoms with van der Waals surface area (Å²) in [5.41, 5.74) is 3.23. The number of nitrogens with one attached hydrogen (secondary N) is 1. The molecule has 18 heavy (non-hydrogen) atoms. The number of pyridine rings is 1. The molecule has 2 rings (SSSR count). The summed E-state index contributed by atoms with van der Waals surface area (Å²) in [5.74, 6) is 0.832. The van der Waals surface area contributed by atoms with Gasteiger partial charge in [-0.05, 0) is 46.6 Å². The van der Waals surface area contributed by atoms with E-state index in [1.807, 2.05) is 30.5 Å². The summed E-state index contributed by atoms with van der Waals surface area (Å²) in [7, 11) is 1.66. The summed E-state index contributed by atoms with van der Waals surface area (Å²) < 4.78 is 6.22. The normalized spacial score (nSPS) is 10.2. The number of methoxy groups -OCH3 is 1. The van der Waals surface area contributed by atoms with E-state index in [-0.39, 0.29) is 0 Å². The molecule has 1 heterocycles. The van der Waals surface area contributed by atoms with Crippen LogP contribution in [0.4, 0.5) is 5.69 Å². The monoisotopic (exact) mass is 306 g/mol. The standard InChI is InChI=1S/C14H15BrN2O/c1-10-4-3-7-16-14(10)9-17-13-8-11(18-2)5-6-12(13)15/h3-8,17H,9H2,1-2H3. The molecule has 1 N–H and O–H groups in total. The first-order valence-corrected chi connectivity index (χ1v) is 6.48.